The van der Waals surface area contributed by atoms with Gasteiger partial charge in [0.15, 0.2) is 10.1 Å². The van der Waals surface area contributed by atoms with Crippen molar-refractivity contribution in [2.75, 3.05) is 0 Å². The summed E-state index contributed by atoms with van der Waals surface area (Å²) in [4.78, 5) is 9.63. The SMILES string of the molecule is O=S(=O)(c1ccccc1)c1c(-c2ccccc2)nc2ccccn12.O=S(=O)(c1ccccc1)c1c(-c2ccccc2)nc2ccccn12. The van der Waals surface area contributed by atoms with E-state index in [4.69, 9.17) is 0 Å². The van der Waals surface area contributed by atoms with Crippen molar-refractivity contribution in [1.29, 1.82) is 0 Å². The quantitative estimate of drug-likeness (QED) is 0.180. The molecule has 0 radical (unpaired) electrons. The molecule has 0 aliphatic rings. The molecule has 4 heterocycles. The molecule has 0 aliphatic carbocycles. The molecule has 10 heteroatoms. The van der Waals surface area contributed by atoms with Gasteiger partial charge in [-0.15, -0.1) is 0 Å². The summed E-state index contributed by atoms with van der Waals surface area (Å²) in [6.45, 7) is 0. The highest BCUT2D eigenvalue weighted by Gasteiger charge is 2.29. The molecule has 0 saturated carbocycles. The van der Waals surface area contributed by atoms with Gasteiger partial charge in [0.2, 0.25) is 19.7 Å². The predicted molar refractivity (Wildman–Crippen MR) is 185 cm³/mol. The summed E-state index contributed by atoms with van der Waals surface area (Å²) in [6.07, 6.45) is 3.45. The third-order valence-corrected chi connectivity index (χ3v) is 11.3. The Bertz CT molecular complexity index is 2390. The van der Waals surface area contributed by atoms with E-state index in [1.807, 2.05) is 72.8 Å². The fraction of sp³-hybridized carbons (Fsp3) is 0. The normalized spacial score (nSPS) is 11.7. The Kier molecular flexibility index (Phi) is 8.18. The summed E-state index contributed by atoms with van der Waals surface area (Å²) in [6, 6.07) is 46.5. The minimum absolute atomic E-state index is 0.190. The lowest BCUT2D eigenvalue weighted by Gasteiger charge is -2.07. The van der Waals surface area contributed by atoms with E-state index < -0.39 is 19.7 Å². The Morgan fingerprint density at radius 1 is 0.375 bits per heavy atom. The average Bonchev–Trinajstić information content (AvgIpc) is 3.74. The van der Waals surface area contributed by atoms with Crippen LogP contribution >= 0.6 is 0 Å². The van der Waals surface area contributed by atoms with Gasteiger partial charge in [-0.1, -0.05) is 109 Å². The Balaban J connectivity index is 0.000000152. The number of benzene rings is 4. The second-order valence-corrected chi connectivity index (χ2v) is 14.5. The van der Waals surface area contributed by atoms with Crippen LogP contribution in [0.25, 0.3) is 33.8 Å². The van der Waals surface area contributed by atoms with Crippen LogP contribution in [-0.4, -0.2) is 35.6 Å². The van der Waals surface area contributed by atoms with Gasteiger partial charge in [-0.2, -0.15) is 0 Å². The van der Waals surface area contributed by atoms with Crippen LogP contribution in [0.3, 0.4) is 0 Å². The van der Waals surface area contributed by atoms with Crippen molar-refractivity contribution in [1.82, 2.24) is 18.8 Å². The monoisotopic (exact) mass is 668 g/mol. The van der Waals surface area contributed by atoms with Gasteiger partial charge in [0.05, 0.1) is 9.79 Å². The number of rotatable bonds is 6. The van der Waals surface area contributed by atoms with Crippen molar-refractivity contribution in [3.05, 3.63) is 170 Å². The van der Waals surface area contributed by atoms with E-state index in [2.05, 4.69) is 9.97 Å². The zero-order chi connectivity index (χ0) is 33.1. The lowest BCUT2D eigenvalue weighted by Crippen LogP contribution is -2.06. The minimum atomic E-state index is -3.70. The standard InChI is InChI=1S/2C19H14N2O2S/c2*22-24(23,16-11-5-2-6-12-16)19-18(15-9-3-1-4-10-15)20-17-13-7-8-14-21(17)19/h2*1-14H. The maximum atomic E-state index is 13.2. The van der Waals surface area contributed by atoms with Crippen molar-refractivity contribution in [2.45, 2.75) is 19.8 Å². The lowest BCUT2D eigenvalue weighted by molar-refractivity contribution is 0.590. The molecule has 0 spiro atoms. The summed E-state index contributed by atoms with van der Waals surface area (Å²) in [7, 11) is -7.40. The number of sulfone groups is 2. The van der Waals surface area contributed by atoms with Gasteiger partial charge in [-0.05, 0) is 48.5 Å². The number of hydrogen-bond donors (Lipinski definition) is 0. The summed E-state index contributed by atoms with van der Waals surface area (Å²) >= 11 is 0. The smallest absolute Gasteiger partial charge is 0.224 e. The molecule has 0 saturated heterocycles. The van der Waals surface area contributed by atoms with Gasteiger partial charge in [-0.3, -0.25) is 8.80 Å². The molecule has 0 bridgehead atoms. The molecule has 0 amide bonds. The zero-order valence-corrected chi connectivity index (χ0v) is 27.0. The summed E-state index contributed by atoms with van der Waals surface area (Å²) in [5.41, 5.74) is 3.68. The highest BCUT2D eigenvalue weighted by molar-refractivity contribution is 7.91. The van der Waals surface area contributed by atoms with Crippen molar-refractivity contribution in [2.24, 2.45) is 0 Å². The predicted octanol–water partition coefficient (Wildman–Crippen LogP) is 7.67. The first-order valence-corrected chi connectivity index (χ1v) is 18.0. The maximum Gasteiger partial charge on any atom is 0.224 e. The van der Waals surface area contributed by atoms with Crippen LogP contribution in [0.15, 0.2) is 190 Å². The molecule has 8 nitrogen and oxygen atoms in total. The number of imidazole rings is 2. The number of pyridine rings is 2. The molecule has 8 rings (SSSR count). The van der Waals surface area contributed by atoms with Gasteiger partial charge in [0.1, 0.15) is 22.7 Å². The molecule has 236 valence electrons. The van der Waals surface area contributed by atoms with Gasteiger partial charge >= 0.3 is 0 Å². The van der Waals surface area contributed by atoms with E-state index in [1.54, 1.807) is 106 Å². The fourth-order valence-corrected chi connectivity index (χ4v) is 8.59. The molecule has 4 aromatic heterocycles. The maximum absolute atomic E-state index is 13.2. The van der Waals surface area contributed by atoms with Crippen LogP contribution in [0.1, 0.15) is 0 Å². The first-order valence-electron chi connectivity index (χ1n) is 15.0. The van der Waals surface area contributed by atoms with Gasteiger partial charge < -0.3 is 0 Å². The van der Waals surface area contributed by atoms with E-state index in [0.717, 1.165) is 11.1 Å². The van der Waals surface area contributed by atoms with E-state index in [-0.39, 0.29) is 19.8 Å². The molecule has 0 aliphatic heterocycles. The van der Waals surface area contributed by atoms with E-state index >= 15 is 0 Å². The molecule has 8 aromatic rings. The van der Waals surface area contributed by atoms with Crippen LogP contribution in [0.4, 0.5) is 0 Å². The molecule has 48 heavy (non-hydrogen) atoms. The largest absolute Gasteiger partial charge is 0.290 e. The third kappa shape index (κ3) is 5.68. The van der Waals surface area contributed by atoms with Crippen LogP contribution in [0, 0.1) is 0 Å². The van der Waals surface area contributed by atoms with Crippen LogP contribution in [0.2, 0.25) is 0 Å². The molecular formula is C38H28N4O4S2. The molecule has 4 aromatic carbocycles. The summed E-state index contributed by atoms with van der Waals surface area (Å²) in [5, 5.41) is 0.381. The van der Waals surface area contributed by atoms with Crippen molar-refractivity contribution < 1.29 is 16.8 Å². The molecule has 0 N–H and O–H groups in total. The summed E-state index contributed by atoms with van der Waals surface area (Å²) < 4.78 is 56.2. The third-order valence-electron chi connectivity index (χ3n) is 7.68. The molecule has 0 fully saturated rings. The van der Waals surface area contributed by atoms with Crippen LogP contribution < -0.4 is 0 Å². The number of hydrogen-bond acceptors (Lipinski definition) is 6. The number of nitrogens with zero attached hydrogens (tertiary/aromatic N) is 4. The first-order chi connectivity index (χ1) is 23.4. The highest BCUT2D eigenvalue weighted by atomic mass is 32.2. The van der Waals surface area contributed by atoms with Gasteiger partial charge in [0.25, 0.3) is 0 Å². The number of aromatic nitrogens is 4. The highest BCUT2D eigenvalue weighted by Crippen LogP contribution is 2.33. The Hall–Kier alpha value is -5.84. The zero-order valence-electron chi connectivity index (χ0n) is 25.4. The van der Waals surface area contributed by atoms with E-state index in [9.17, 15) is 16.8 Å². The Labute approximate surface area is 278 Å². The second-order valence-electron chi connectivity index (χ2n) is 10.8. The van der Waals surface area contributed by atoms with Crippen LogP contribution in [-0.2, 0) is 19.7 Å². The average molecular weight is 669 g/mol. The Morgan fingerprint density at radius 2 is 0.688 bits per heavy atom. The number of fused-ring (bicyclic) bond motifs is 2. The second kappa shape index (κ2) is 12.7. The molecular weight excluding hydrogens is 641 g/mol. The fourth-order valence-electron chi connectivity index (χ4n) is 5.45. The van der Waals surface area contributed by atoms with E-state index in [1.165, 1.54) is 0 Å². The topological polar surface area (TPSA) is 103 Å². The van der Waals surface area contributed by atoms with Crippen LogP contribution in [0.5, 0.6) is 0 Å². The summed E-state index contributed by atoms with van der Waals surface area (Å²) in [5.74, 6) is 0. The molecule has 0 atom stereocenters. The molecule has 0 unspecified atom stereocenters. The van der Waals surface area contributed by atoms with Gasteiger partial charge in [0, 0.05) is 23.5 Å². The lowest BCUT2D eigenvalue weighted by atomic mass is 10.2. The minimum Gasteiger partial charge on any atom is -0.290 e. The van der Waals surface area contributed by atoms with Crippen molar-refractivity contribution >= 4 is 31.0 Å². The van der Waals surface area contributed by atoms with E-state index in [0.29, 0.717) is 22.7 Å². The van der Waals surface area contributed by atoms with Crippen molar-refractivity contribution in [3.63, 3.8) is 0 Å². The van der Waals surface area contributed by atoms with Crippen molar-refractivity contribution in [3.8, 4) is 22.5 Å². The first kappa shape index (κ1) is 30.8. The Morgan fingerprint density at radius 3 is 1.04 bits per heavy atom. The van der Waals surface area contributed by atoms with Gasteiger partial charge in [-0.25, -0.2) is 26.8 Å².